The fraction of sp³-hybridized carbons (Fsp3) is 0.368. The van der Waals surface area contributed by atoms with Gasteiger partial charge >= 0.3 is 0 Å². The summed E-state index contributed by atoms with van der Waals surface area (Å²) < 4.78 is 1.82. The molecule has 1 aromatic carbocycles. The summed E-state index contributed by atoms with van der Waals surface area (Å²) in [7, 11) is 1.93. The minimum atomic E-state index is 0.0410. The fourth-order valence-corrected chi connectivity index (χ4v) is 3.48. The van der Waals surface area contributed by atoms with Crippen molar-refractivity contribution in [2.24, 2.45) is 7.05 Å². The quantitative estimate of drug-likeness (QED) is 0.719. The van der Waals surface area contributed by atoms with Crippen molar-refractivity contribution in [1.29, 1.82) is 0 Å². The zero-order valence-corrected chi connectivity index (χ0v) is 14.9. The van der Waals surface area contributed by atoms with Gasteiger partial charge in [0.25, 0.3) is 5.91 Å². The van der Waals surface area contributed by atoms with Crippen molar-refractivity contribution in [3.05, 3.63) is 54.1 Å². The highest BCUT2D eigenvalue weighted by Gasteiger charge is 2.22. The number of carbonyl (C=O) groups excluding carboxylic acids is 1. The van der Waals surface area contributed by atoms with Gasteiger partial charge < -0.3 is 4.90 Å². The van der Waals surface area contributed by atoms with Gasteiger partial charge in [-0.1, -0.05) is 6.07 Å². The smallest absolute Gasteiger partial charge is 0.256 e. The van der Waals surface area contributed by atoms with E-state index in [0.29, 0.717) is 11.1 Å². The van der Waals surface area contributed by atoms with Crippen molar-refractivity contribution in [3.8, 4) is 0 Å². The first-order valence-electron chi connectivity index (χ1n) is 8.89. The minimum Gasteiger partial charge on any atom is -0.337 e. The monoisotopic (exact) mass is 350 g/mol. The predicted molar refractivity (Wildman–Crippen MR) is 98.5 cm³/mol. The Labute approximate surface area is 152 Å². The van der Waals surface area contributed by atoms with Crippen LogP contribution in [0.3, 0.4) is 0 Å². The molecule has 26 heavy (non-hydrogen) atoms. The van der Waals surface area contributed by atoms with Crippen molar-refractivity contribution in [2.75, 3.05) is 26.2 Å². The lowest BCUT2D eigenvalue weighted by Crippen LogP contribution is -2.35. The van der Waals surface area contributed by atoms with E-state index in [0.717, 1.165) is 44.7 Å². The van der Waals surface area contributed by atoms with E-state index in [2.05, 4.69) is 20.0 Å². The maximum atomic E-state index is 13.1. The number of aromatic nitrogens is 4. The Morgan fingerprint density at radius 3 is 2.85 bits per heavy atom. The molecular formula is C19H22N6O. The van der Waals surface area contributed by atoms with Crippen molar-refractivity contribution in [1.82, 2.24) is 29.5 Å². The lowest BCUT2D eigenvalue weighted by Gasteiger charge is -2.22. The first-order valence-corrected chi connectivity index (χ1v) is 8.89. The summed E-state index contributed by atoms with van der Waals surface area (Å²) in [5.41, 5.74) is 3.27. The van der Waals surface area contributed by atoms with E-state index >= 15 is 0 Å². The highest BCUT2D eigenvalue weighted by Crippen LogP contribution is 2.17. The number of hydrogen-bond acceptors (Lipinski definition) is 5. The van der Waals surface area contributed by atoms with E-state index in [4.69, 9.17) is 0 Å². The summed E-state index contributed by atoms with van der Waals surface area (Å²) in [4.78, 5) is 26.0. The third-order valence-corrected chi connectivity index (χ3v) is 4.77. The van der Waals surface area contributed by atoms with Gasteiger partial charge in [0.05, 0.1) is 17.3 Å². The molecule has 3 heterocycles. The number of fused-ring (bicyclic) bond motifs is 1. The summed E-state index contributed by atoms with van der Waals surface area (Å²) in [5.74, 6) is 0.0410. The second kappa shape index (κ2) is 7.21. The molecule has 0 spiro atoms. The van der Waals surface area contributed by atoms with Crippen molar-refractivity contribution in [2.45, 2.75) is 13.0 Å². The first-order chi connectivity index (χ1) is 12.7. The highest BCUT2D eigenvalue weighted by molar-refractivity contribution is 6.04. The molecule has 1 aliphatic rings. The number of nitrogens with zero attached hydrogens (tertiary/aromatic N) is 6. The Morgan fingerprint density at radius 2 is 2.00 bits per heavy atom. The highest BCUT2D eigenvalue weighted by atomic mass is 16.2. The van der Waals surface area contributed by atoms with E-state index in [1.165, 1.54) is 5.56 Å². The molecule has 7 heteroatoms. The molecule has 134 valence electrons. The average molecular weight is 350 g/mol. The summed E-state index contributed by atoms with van der Waals surface area (Å²) in [6.45, 7) is 4.19. The van der Waals surface area contributed by atoms with Crippen LogP contribution in [-0.2, 0) is 13.6 Å². The van der Waals surface area contributed by atoms with Gasteiger partial charge in [-0.3, -0.25) is 24.3 Å². The van der Waals surface area contributed by atoms with E-state index in [9.17, 15) is 4.79 Å². The molecule has 2 aromatic heterocycles. The van der Waals surface area contributed by atoms with E-state index in [1.807, 2.05) is 47.2 Å². The van der Waals surface area contributed by atoms with Crippen LogP contribution >= 0.6 is 0 Å². The molecule has 7 nitrogen and oxygen atoms in total. The Kier molecular flexibility index (Phi) is 4.62. The summed E-state index contributed by atoms with van der Waals surface area (Å²) in [6.07, 6.45) is 8.20. The molecule has 1 aliphatic heterocycles. The number of amides is 1. The Morgan fingerprint density at radius 1 is 1.12 bits per heavy atom. The van der Waals surface area contributed by atoms with E-state index in [-0.39, 0.29) is 5.91 Å². The topological polar surface area (TPSA) is 67.2 Å². The SMILES string of the molecule is Cn1cc(CN2CCCN(C(=O)c3cccc4nccnc34)CC2)cn1. The lowest BCUT2D eigenvalue weighted by molar-refractivity contribution is 0.0763. The van der Waals surface area contributed by atoms with Crippen molar-refractivity contribution in [3.63, 3.8) is 0 Å². The summed E-state index contributed by atoms with van der Waals surface area (Å²) >= 11 is 0. The standard InChI is InChI=1S/C19H22N6O/c1-23-13-15(12-22-23)14-24-8-3-9-25(11-10-24)19(26)16-4-2-5-17-18(16)21-7-6-20-17/h2,4-7,12-13H,3,8-11,14H2,1H3. The van der Waals surface area contributed by atoms with Gasteiger partial charge in [0.2, 0.25) is 0 Å². The van der Waals surface area contributed by atoms with Crippen LogP contribution in [0.1, 0.15) is 22.3 Å². The van der Waals surface area contributed by atoms with Crippen LogP contribution < -0.4 is 0 Å². The molecule has 1 saturated heterocycles. The first kappa shape index (κ1) is 16.7. The Bertz CT molecular complexity index is 916. The largest absolute Gasteiger partial charge is 0.337 e. The number of benzene rings is 1. The van der Waals surface area contributed by atoms with E-state index < -0.39 is 0 Å². The molecule has 1 fully saturated rings. The molecule has 1 amide bonds. The maximum Gasteiger partial charge on any atom is 0.256 e. The Balaban J connectivity index is 1.47. The second-order valence-electron chi connectivity index (χ2n) is 6.67. The van der Waals surface area contributed by atoms with Crippen LogP contribution in [-0.4, -0.2) is 61.6 Å². The minimum absolute atomic E-state index is 0.0410. The molecule has 0 aliphatic carbocycles. The van der Waals surface area contributed by atoms with Crippen LogP contribution in [0.5, 0.6) is 0 Å². The third kappa shape index (κ3) is 3.43. The Hall–Kier alpha value is -2.80. The third-order valence-electron chi connectivity index (χ3n) is 4.77. The molecule has 0 bridgehead atoms. The van der Waals surface area contributed by atoms with Crippen LogP contribution in [0, 0.1) is 0 Å². The van der Waals surface area contributed by atoms with Crippen molar-refractivity contribution >= 4 is 16.9 Å². The molecule has 0 radical (unpaired) electrons. The molecule has 3 aromatic rings. The average Bonchev–Trinajstić information content (AvgIpc) is 2.93. The van der Waals surface area contributed by atoms with Gasteiger partial charge in [0, 0.05) is 63.9 Å². The van der Waals surface area contributed by atoms with Crippen LogP contribution in [0.2, 0.25) is 0 Å². The van der Waals surface area contributed by atoms with E-state index in [1.54, 1.807) is 12.4 Å². The zero-order valence-electron chi connectivity index (χ0n) is 14.9. The van der Waals surface area contributed by atoms with Crippen LogP contribution in [0.15, 0.2) is 43.0 Å². The lowest BCUT2D eigenvalue weighted by atomic mass is 10.1. The van der Waals surface area contributed by atoms with Crippen molar-refractivity contribution < 1.29 is 4.79 Å². The van der Waals surface area contributed by atoms with Gasteiger partial charge in [-0.15, -0.1) is 0 Å². The molecule has 0 atom stereocenters. The molecule has 0 unspecified atom stereocenters. The van der Waals surface area contributed by atoms with Gasteiger partial charge in [-0.2, -0.15) is 5.10 Å². The maximum absolute atomic E-state index is 13.1. The van der Waals surface area contributed by atoms with Gasteiger partial charge in [-0.05, 0) is 18.6 Å². The summed E-state index contributed by atoms with van der Waals surface area (Å²) in [6, 6.07) is 5.60. The molecule has 0 N–H and O–H groups in total. The van der Waals surface area contributed by atoms with Gasteiger partial charge in [0.1, 0.15) is 5.52 Å². The van der Waals surface area contributed by atoms with Crippen LogP contribution in [0.4, 0.5) is 0 Å². The molecule has 0 saturated carbocycles. The molecule has 4 rings (SSSR count). The predicted octanol–water partition coefficient (Wildman–Crippen LogP) is 1.71. The number of para-hydroxylation sites is 1. The van der Waals surface area contributed by atoms with Gasteiger partial charge in [0.15, 0.2) is 0 Å². The molecular weight excluding hydrogens is 328 g/mol. The summed E-state index contributed by atoms with van der Waals surface area (Å²) in [5, 5.41) is 4.23. The number of hydrogen-bond donors (Lipinski definition) is 0. The second-order valence-corrected chi connectivity index (χ2v) is 6.67. The number of carbonyl (C=O) groups is 1. The van der Waals surface area contributed by atoms with Gasteiger partial charge in [-0.25, -0.2) is 0 Å². The van der Waals surface area contributed by atoms with Crippen LogP contribution in [0.25, 0.3) is 11.0 Å². The normalized spacial score (nSPS) is 16.0. The fourth-order valence-electron chi connectivity index (χ4n) is 3.48. The number of aryl methyl sites for hydroxylation is 1. The zero-order chi connectivity index (χ0) is 17.9. The number of rotatable bonds is 3.